The number of phenols is 1. The molecule has 4 fully saturated rings. The maximum Gasteiger partial charge on any atom is 0.342 e. The summed E-state index contributed by atoms with van der Waals surface area (Å²) in [5.74, 6) is -4.69. The number of ether oxygens (including phenoxy) is 3. The predicted molar refractivity (Wildman–Crippen MR) is 146 cm³/mol. The van der Waals surface area contributed by atoms with Gasteiger partial charge in [0, 0.05) is 11.8 Å². The highest BCUT2D eigenvalue weighted by molar-refractivity contribution is 14.1. The van der Waals surface area contributed by atoms with Gasteiger partial charge in [-0.25, -0.2) is 4.79 Å². The van der Waals surface area contributed by atoms with Crippen LogP contribution in [-0.2, 0) is 29.2 Å². The van der Waals surface area contributed by atoms with Gasteiger partial charge in [-0.2, -0.15) is 8.42 Å². The van der Waals surface area contributed by atoms with Crippen molar-refractivity contribution < 1.29 is 46.7 Å². The Morgan fingerprint density at radius 1 is 1.05 bits per heavy atom. The standard InChI is InChI=1S/C28H27IO10S/c29-19-8-4-7-15(23(19)30)26(31)38-24-17-12-18-22(28(33)39-25(18)24)21(17)27(32)37-14-9-10-20(40(34,35)36)16(11-14)13-5-2-1-3-6-13/h4,7-11,13,17-18,21-22,24-25,30H,1-3,5-6,12H2,(H,34,35,36). The Hall–Kier alpha value is -2.71. The highest BCUT2D eigenvalue weighted by atomic mass is 127. The van der Waals surface area contributed by atoms with Gasteiger partial charge in [0.1, 0.15) is 29.3 Å². The summed E-state index contributed by atoms with van der Waals surface area (Å²) < 4.78 is 51.4. The fourth-order valence-corrected chi connectivity index (χ4v) is 8.34. The van der Waals surface area contributed by atoms with Gasteiger partial charge in [-0.1, -0.05) is 25.3 Å². The van der Waals surface area contributed by atoms with Crippen LogP contribution in [0.1, 0.15) is 60.4 Å². The van der Waals surface area contributed by atoms with E-state index < -0.39 is 58.0 Å². The number of para-hydroxylation sites is 1. The molecule has 6 atom stereocenters. The fraction of sp³-hybridized carbons (Fsp3) is 0.464. The second kappa shape index (κ2) is 10.3. The first-order valence-corrected chi connectivity index (χ1v) is 15.8. The summed E-state index contributed by atoms with van der Waals surface area (Å²) in [4.78, 5) is 39.1. The Balaban J connectivity index is 1.25. The van der Waals surface area contributed by atoms with Crippen LogP contribution in [0, 0.1) is 27.2 Å². The summed E-state index contributed by atoms with van der Waals surface area (Å²) in [6, 6.07) is 8.72. The molecule has 0 amide bonds. The van der Waals surface area contributed by atoms with Crippen molar-refractivity contribution in [1.82, 2.24) is 0 Å². The Morgan fingerprint density at radius 2 is 1.80 bits per heavy atom. The quantitative estimate of drug-likeness (QED) is 0.196. The van der Waals surface area contributed by atoms with Crippen LogP contribution in [0.5, 0.6) is 11.5 Å². The van der Waals surface area contributed by atoms with E-state index in [-0.39, 0.29) is 33.8 Å². The van der Waals surface area contributed by atoms with Gasteiger partial charge in [0.2, 0.25) is 0 Å². The molecule has 12 heteroatoms. The van der Waals surface area contributed by atoms with Gasteiger partial charge in [-0.15, -0.1) is 0 Å². The molecule has 2 aromatic carbocycles. The monoisotopic (exact) mass is 682 g/mol. The number of fused-ring (bicyclic) bond motifs is 1. The maximum atomic E-state index is 13.5. The Morgan fingerprint density at radius 3 is 2.52 bits per heavy atom. The lowest BCUT2D eigenvalue weighted by Crippen LogP contribution is -2.44. The molecule has 3 aliphatic carbocycles. The van der Waals surface area contributed by atoms with Crippen molar-refractivity contribution in [2.45, 2.75) is 61.5 Å². The summed E-state index contributed by atoms with van der Waals surface area (Å²) in [5, 5.41) is 10.3. The smallest absolute Gasteiger partial charge is 0.342 e. The normalized spacial score (nSPS) is 29.3. The number of rotatable bonds is 6. The van der Waals surface area contributed by atoms with Crippen molar-refractivity contribution in [1.29, 1.82) is 0 Å². The molecule has 6 rings (SSSR count). The summed E-state index contributed by atoms with van der Waals surface area (Å²) in [5.41, 5.74) is 0.383. The number of benzene rings is 2. The van der Waals surface area contributed by atoms with Crippen molar-refractivity contribution in [2.24, 2.45) is 23.7 Å². The topological polar surface area (TPSA) is 153 Å². The molecule has 3 saturated carbocycles. The number of aromatic hydroxyl groups is 1. The zero-order chi connectivity index (χ0) is 28.3. The van der Waals surface area contributed by atoms with Crippen LogP contribution in [-0.4, -0.2) is 48.2 Å². The highest BCUT2D eigenvalue weighted by Crippen LogP contribution is 2.59. The number of esters is 3. The van der Waals surface area contributed by atoms with E-state index in [4.69, 9.17) is 14.2 Å². The Kier molecular flexibility index (Phi) is 7.06. The molecule has 40 heavy (non-hydrogen) atoms. The van der Waals surface area contributed by atoms with Crippen molar-refractivity contribution in [3.8, 4) is 11.5 Å². The van der Waals surface area contributed by atoms with E-state index in [0.717, 1.165) is 32.1 Å². The molecule has 1 saturated heterocycles. The van der Waals surface area contributed by atoms with Crippen molar-refractivity contribution in [2.75, 3.05) is 0 Å². The Labute approximate surface area is 244 Å². The molecule has 2 bridgehead atoms. The molecule has 0 radical (unpaired) electrons. The molecular weight excluding hydrogens is 655 g/mol. The lowest BCUT2D eigenvalue weighted by atomic mass is 9.78. The van der Waals surface area contributed by atoms with E-state index in [0.29, 0.717) is 15.6 Å². The first-order chi connectivity index (χ1) is 19.0. The molecular formula is C28H27IO10S. The van der Waals surface area contributed by atoms with Gasteiger partial charge in [0.25, 0.3) is 10.1 Å². The highest BCUT2D eigenvalue weighted by Gasteiger charge is 2.70. The number of hydrogen-bond donors (Lipinski definition) is 2. The van der Waals surface area contributed by atoms with E-state index >= 15 is 0 Å². The lowest BCUT2D eigenvalue weighted by molar-refractivity contribution is -0.149. The van der Waals surface area contributed by atoms with Crippen LogP contribution >= 0.6 is 22.6 Å². The summed E-state index contributed by atoms with van der Waals surface area (Å²) in [7, 11) is -4.48. The number of carbonyl (C=O) groups is 3. The minimum Gasteiger partial charge on any atom is -0.506 e. The molecule has 0 aromatic heterocycles. The van der Waals surface area contributed by atoms with Crippen molar-refractivity contribution in [3.05, 3.63) is 51.1 Å². The maximum absolute atomic E-state index is 13.5. The second-order valence-corrected chi connectivity index (χ2v) is 13.5. The van der Waals surface area contributed by atoms with Gasteiger partial charge in [0.15, 0.2) is 0 Å². The van der Waals surface area contributed by atoms with Crippen LogP contribution in [0.25, 0.3) is 0 Å². The van der Waals surface area contributed by atoms with E-state index in [9.17, 15) is 32.5 Å². The zero-order valence-electron chi connectivity index (χ0n) is 21.2. The van der Waals surface area contributed by atoms with E-state index in [2.05, 4.69) is 0 Å². The van der Waals surface area contributed by atoms with Gasteiger partial charge in [0.05, 0.1) is 20.3 Å². The largest absolute Gasteiger partial charge is 0.506 e. The molecule has 1 aliphatic heterocycles. The molecule has 2 aromatic rings. The van der Waals surface area contributed by atoms with Crippen LogP contribution in [0.2, 0.25) is 0 Å². The third kappa shape index (κ3) is 4.67. The molecule has 212 valence electrons. The van der Waals surface area contributed by atoms with E-state index in [1.165, 1.54) is 24.3 Å². The summed E-state index contributed by atoms with van der Waals surface area (Å²) >= 11 is 1.90. The second-order valence-electron chi connectivity index (χ2n) is 11.0. The average Bonchev–Trinajstić information content (AvgIpc) is 3.54. The van der Waals surface area contributed by atoms with Gasteiger partial charge >= 0.3 is 17.9 Å². The first kappa shape index (κ1) is 27.5. The van der Waals surface area contributed by atoms with Gasteiger partial charge < -0.3 is 19.3 Å². The van der Waals surface area contributed by atoms with E-state index in [1.54, 1.807) is 12.1 Å². The minimum atomic E-state index is -4.48. The first-order valence-electron chi connectivity index (χ1n) is 13.3. The SMILES string of the molecule is O=C(OC1C2CC3C1OC(=O)C3C2C(=O)Oc1ccc(S(=O)(=O)O)c(C2CCCCC2)c1)c1cccc(I)c1O. The molecule has 2 N–H and O–H groups in total. The van der Waals surface area contributed by atoms with Crippen molar-refractivity contribution in [3.63, 3.8) is 0 Å². The number of phenolic OH excluding ortho intramolecular Hbond substituents is 1. The third-order valence-corrected chi connectivity index (χ3v) is 10.6. The lowest BCUT2D eigenvalue weighted by Gasteiger charge is -2.30. The third-order valence-electron chi connectivity index (χ3n) is 8.79. The number of carbonyl (C=O) groups excluding carboxylic acids is 3. The average molecular weight is 682 g/mol. The van der Waals surface area contributed by atoms with Crippen molar-refractivity contribution >= 4 is 50.6 Å². The van der Waals surface area contributed by atoms with Crippen LogP contribution in [0.4, 0.5) is 0 Å². The minimum absolute atomic E-state index is 0.0242. The van der Waals surface area contributed by atoms with Gasteiger partial charge in [-0.05, 0) is 83.7 Å². The molecule has 6 unspecified atom stereocenters. The van der Waals surface area contributed by atoms with Crippen LogP contribution in [0.15, 0.2) is 41.3 Å². The molecule has 0 spiro atoms. The molecule has 10 nitrogen and oxygen atoms in total. The number of hydrogen-bond acceptors (Lipinski definition) is 9. The number of halogens is 1. The molecule has 4 aliphatic rings. The predicted octanol–water partition coefficient (Wildman–Crippen LogP) is 4.23. The Bertz CT molecular complexity index is 1500. The fourth-order valence-electron chi connectivity index (χ4n) is 7.08. The van der Waals surface area contributed by atoms with Gasteiger partial charge in [-0.3, -0.25) is 14.1 Å². The van der Waals surface area contributed by atoms with E-state index in [1.807, 2.05) is 22.6 Å². The summed E-state index contributed by atoms with van der Waals surface area (Å²) in [6.45, 7) is 0. The zero-order valence-corrected chi connectivity index (χ0v) is 24.2. The van der Waals surface area contributed by atoms with Crippen LogP contribution in [0.3, 0.4) is 0 Å². The van der Waals surface area contributed by atoms with Crippen LogP contribution < -0.4 is 4.74 Å². The molecule has 1 heterocycles. The summed E-state index contributed by atoms with van der Waals surface area (Å²) in [6.07, 6.45) is 3.29.